The number of nitrogens with two attached hydrogens (primary N) is 1. The summed E-state index contributed by atoms with van der Waals surface area (Å²) >= 11 is 0. The van der Waals surface area contributed by atoms with Crippen LogP contribution in [-0.2, 0) is 4.74 Å². The fourth-order valence-corrected chi connectivity index (χ4v) is 1.88. The van der Waals surface area contributed by atoms with Crippen LogP contribution in [0.4, 0.5) is 5.82 Å². The van der Waals surface area contributed by atoms with Gasteiger partial charge in [0.1, 0.15) is 5.82 Å². The molecule has 1 aromatic carbocycles. The molecule has 18 heavy (non-hydrogen) atoms. The van der Waals surface area contributed by atoms with Crippen LogP contribution in [0.2, 0.25) is 0 Å². The molecule has 0 spiro atoms. The van der Waals surface area contributed by atoms with Crippen molar-refractivity contribution < 1.29 is 4.74 Å². The highest BCUT2D eigenvalue weighted by Gasteiger charge is 2.05. The molecular weight excluding hydrogens is 224 g/mol. The average molecular weight is 242 g/mol. The largest absolute Gasteiger partial charge is 0.384 e. The van der Waals surface area contributed by atoms with E-state index in [1.54, 1.807) is 6.07 Å². The number of ether oxygens (including phenoxy) is 1. The molecule has 1 unspecified atom stereocenters. The minimum absolute atomic E-state index is 0.123. The number of hydrogen-bond acceptors (Lipinski definition) is 3. The van der Waals surface area contributed by atoms with E-state index >= 15 is 0 Å². The summed E-state index contributed by atoms with van der Waals surface area (Å²) in [7, 11) is 0. The third-order valence-electron chi connectivity index (χ3n) is 2.86. The van der Waals surface area contributed by atoms with Crippen LogP contribution in [-0.4, -0.2) is 11.6 Å². The maximum Gasteiger partial charge on any atom is 0.124 e. The number of rotatable bonds is 4. The van der Waals surface area contributed by atoms with E-state index in [4.69, 9.17) is 10.5 Å². The lowest BCUT2D eigenvalue weighted by atomic mass is 10.1. The van der Waals surface area contributed by atoms with Crippen LogP contribution in [0.1, 0.15) is 25.5 Å². The van der Waals surface area contributed by atoms with Gasteiger partial charge in [-0.1, -0.05) is 30.3 Å². The first-order valence-electron chi connectivity index (χ1n) is 6.15. The smallest absolute Gasteiger partial charge is 0.124 e. The van der Waals surface area contributed by atoms with Gasteiger partial charge in [-0.2, -0.15) is 0 Å². The van der Waals surface area contributed by atoms with Gasteiger partial charge in [0.05, 0.1) is 11.8 Å². The predicted molar refractivity (Wildman–Crippen MR) is 74.1 cm³/mol. The van der Waals surface area contributed by atoms with Gasteiger partial charge >= 0.3 is 0 Å². The molecule has 0 saturated carbocycles. The van der Waals surface area contributed by atoms with Gasteiger partial charge in [0.15, 0.2) is 0 Å². The fraction of sp³-hybridized carbons (Fsp3) is 0.267. The van der Waals surface area contributed by atoms with E-state index in [9.17, 15) is 0 Å². The zero-order chi connectivity index (χ0) is 13.0. The van der Waals surface area contributed by atoms with Crippen molar-refractivity contribution in [3.05, 3.63) is 48.0 Å². The number of benzene rings is 1. The molecular formula is C15H18N2O. The minimum atomic E-state index is 0.123. The quantitative estimate of drug-likeness (QED) is 0.893. The molecule has 0 amide bonds. The Labute approximate surface area is 108 Å². The predicted octanol–water partition coefficient (Wildman–Crippen LogP) is 3.43. The number of anilines is 1. The van der Waals surface area contributed by atoms with Crippen molar-refractivity contribution >= 4 is 5.82 Å². The topological polar surface area (TPSA) is 48.1 Å². The fourth-order valence-electron chi connectivity index (χ4n) is 1.88. The Hall–Kier alpha value is -1.87. The summed E-state index contributed by atoms with van der Waals surface area (Å²) in [4.78, 5) is 4.30. The van der Waals surface area contributed by atoms with Crippen LogP contribution in [0.5, 0.6) is 0 Å². The Morgan fingerprint density at radius 1 is 1.17 bits per heavy atom. The summed E-state index contributed by atoms with van der Waals surface area (Å²) in [6.45, 7) is 4.78. The molecule has 0 fully saturated rings. The highest BCUT2D eigenvalue weighted by Crippen LogP contribution is 2.22. The molecule has 2 N–H and O–H groups in total. The molecule has 0 saturated heterocycles. The van der Waals surface area contributed by atoms with E-state index in [1.807, 2.05) is 31.2 Å². The summed E-state index contributed by atoms with van der Waals surface area (Å²) in [6.07, 6.45) is 0.123. The van der Waals surface area contributed by atoms with E-state index in [1.165, 1.54) is 5.56 Å². The third-order valence-corrected chi connectivity index (χ3v) is 2.86. The maximum absolute atomic E-state index is 5.68. The van der Waals surface area contributed by atoms with Gasteiger partial charge in [0, 0.05) is 12.2 Å². The molecule has 0 radical (unpaired) electrons. The molecule has 1 heterocycles. The van der Waals surface area contributed by atoms with E-state index < -0.39 is 0 Å². The van der Waals surface area contributed by atoms with E-state index in [0.29, 0.717) is 5.82 Å². The molecule has 2 rings (SSSR count). The van der Waals surface area contributed by atoms with Gasteiger partial charge in [0.2, 0.25) is 0 Å². The first-order valence-corrected chi connectivity index (χ1v) is 6.15. The van der Waals surface area contributed by atoms with Crippen LogP contribution >= 0.6 is 0 Å². The lowest BCUT2D eigenvalue weighted by molar-refractivity contribution is 0.0764. The van der Waals surface area contributed by atoms with Crippen molar-refractivity contribution in [3.8, 4) is 11.3 Å². The lowest BCUT2D eigenvalue weighted by Crippen LogP contribution is -1.99. The summed E-state index contributed by atoms with van der Waals surface area (Å²) in [5.41, 5.74) is 8.81. The highest BCUT2D eigenvalue weighted by molar-refractivity contribution is 5.61. The second kappa shape index (κ2) is 5.65. The van der Waals surface area contributed by atoms with Gasteiger partial charge in [-0.25, -0.2) is 4.98 Å². The number of hydrogen-bond donors (Lipinski definition) is 1. The summed E-state index contributed by atoms with van der Waals surface area (Å²) in [5.74, 6) is 0.541. The van der Waals surface area contributed by atoms with Crippen molar-refractivity contribution in [2.75, 3.05) is 12.3 Å². The van der Waals surface area contributed by atoms with Gasteiger partial charge in [-0.15, -0.1) is 0 Å². The van der Waals surface area contributed by atoms with Crippen LogP contribution in [0, 0.1) is 0 Å². The number of nitrogen functional groups attached to an aromatic ring is 1. The van der Waals surface area contributed by atoms with Crippen molar-refractivity contribution in [1.29, 1.82) is 0 Å². The standard InChI is InChI=1S/C15H18N2O/c1-3-18-11(2)12-7-9-13(10-8-12)14-5-4-6-15(16)17-14/h4-11H,3H2,1-2H3,(H2,16,17). The second-order valence-corrected chi connectivity index (χ2v) is 4.17. The van der Waals surface area contributed by atoms with Crippen molar-refractivity contribution in [2.24, 2.45) is 0 Å². The van der Waals surface area contributed by atoms with Crippen LogP contribution in [0.15, 0.2) is 42.5 Å². The molecule has 0 aliphatic rings. The molecule has 0 aliphatic heterocycles. The van der Waals surface area contributed by atoms with Crippen LogP contribution < -0.4 is 5.73 Å². The van der Waals surface area contributed by atoms with Gasteiger partial charge in [-0.05, 0) is 31.5 Å². The highest BCUT2D eigenvalue weighted by atomic mass is 16.5. The van der Waals surface area contributed by atoms with E-state index in [-0.39, 0.29) is 6.10 Å². The van der Waals surface area contributed by atoms with Crippen LogP contribution in [0.3, 0.4) is 0 Å². The molecule has 1 atom stereocenters. The second-order valence-electron chi connectivity index (χ2n) is 4.17. The normalized spacial score (nSPS) is 12.3. The number of aromatic nitrogens is 1. The molecule has 1 aromatic heterocycles. The maximum atomic E-state index is 5.68. The molecule has 0 bridgehead atoms. The summed E-state index contributed by atoms with van der Waals surface area (Å²) in [5, 5.41) is 0. The Kier molecular flexibility index (Phi) is 3.95. The van der Waals surface area contributed by atoms with E-state index in [2.05, 4.69) is 24.0 Å². The SMILES string of the molecule is CCOC(C)c1ccc(-c2cccc(N)n2)cc1. The van der Waals surface area contributed by atoms with Crippen molar-refractivity contribution in [2.45, 2.75) is 20.0 Å². The first-order chi connectivity index (χ1) is 8.70. The zero-order valence-electron chi connectivity index (χ0n) is 10.8. The molecule has 3 nitrogen and oxygen atoms in total. The molecule has 94 valence electrons. The number of nitrogens with zero attached hydrogens (tertiary/aromatic N) is 1. The van der Waals surface area contributed by atoms with Crippen molar-refractivity contribution in [1.82, 2.24) is 4.98 Å². The van der Waals surface area contributed by atoms with Crippen molar-refractivity contribution in [3.63, 3.8) is 0 Å². The zero-order valence-corrected chi connectivity index (χ0v) is 10.8. The molecule has 2 aromatic rings. The monoisotopic (exact) mass is 242 g/mol. The average Bonchev–Trinajstić information content (AvgIpc) is 2.39. The van der Waals surface area contributed by atoms with Gasteiger partial charge in [0.25, 0.3) is 0 Å². The Balaban J connectivity index is 2.22. The Bertz CT molecular complexity index is 508. The Morgan fingerprint density at radius 3 is 2.50 bits per heavy atom. The first kappa shape index (κ1) is 12.6. The molecule has 3 heteroatoms. The van der Waals surface area contributed by atoms with Gasteiger partial charge < -0.3 is 10.5 Å². The Morgan fingerprint density at radius 2 is 1.89 bits per heavy atom. The number of pyridine rings is 1. The third kappa shape index (κ3) is 2.87. The minimum Gasteiger partial charge on any atom is -0.384 e. The summed E-state index contributed by atoms with van der Waals surface area (Å²) < 4.78 is 5.56. The summed E-state index contributed by atoms with van der Waals surface area (Å²) in [6, 6.07) is 13.9. The van der Waals surface area contributed by atoms with E-state index in [0.717, 1.165) is 17.9 Å². The molecule has 0 aliphatic carbocycles. The van der Waals surface area contributed by atoms with Crippen LogP contribution in [0.25, 0.3) is 11.3 Å². The lowest BCUT2D eigenvalue weighted by Gasteiger charge is -2.12. The van der Waals surface area contributed by atoms with Gasteiger partial charge in [-0.3, -0.25) is 0 Å².